The number of benzene rings is 2. The molecular weight excluding hydrogens is 388 g/mol. The summed E-state index contributed by atoms with van der Waals surface area (Å²) in [5.74, 6) is -0.466. The quantitative estimate of drug-likeness (QED) is 0.561. The van der Waals surface area contributed by atoms with E-state index in [1.807, 2.05) is 0 Å². The molecule has 1 aliphatic rings. The molecule has 4 aromatic rings. The summed E-state index contributed by atoms with van der Waals surface area (Å²) in [5, 5.41) is 4.79. The van der Waals surface area contributed by atoms with Gasteiger partial charge in [-0.3, -0.25) is 4.98 Å². The second-order valence-corrected chi connectivity index (χ2v) is 7.10. The summed E-state index contributed by atoms with van der Waals surface area (Å²) < 4.78 is 35.5. The predicted molar refractivity (Wildman–Crippen MR) is 112 cm³/mol. The van der Waals surface area contributed by atoms with Gasteiger partial charge in [-0.2, -0.15) is 9.97 Å². The van der Waals surface area contributed by atoms with E-state index in [1.165, 1.54) is 13.2 Å². The molecule has 1 N–H and O–H groups in total. The first-order valence-electron chi connectivity index (χ1n) is 9.71. The van der Waals surface area contributed by atoms with Gasteiger partial charge in [0.15, 0.2) is 5.82 Å². The van der Waals surface area contributed by atoms with Crippen LogP contribution in [0.1, 0.15) is 0 Å². The number of fused-ring (bicyclic) bond motifs is 2. The molecule has 0 aliphatic carbocycles. The molecule has 6 nitrogen and oxygen atoms in total. The number of hydrogen-bond acceptors (Lipinski definition) is 6. The first kappa shape index (κ1) is 18.6. The van der Waals surface area contributed by atoms with Crippen LogP contribution in [-0.4, -0.2) is 48.2 Å². The van der Waals surface area contributed by atoms with Crippen LogP contribution in [0.2, 0.25) is 0 Å². The summed E-state index contributed by atoms with van der Waals surface area (Å²) in [5.41, 5.74) is 0.533. The summed E-state index contributed by atoms with van der Waals surface area (Å²) >= 11 is 0. The smallest absolute Gasteiger partial charge is 0.318 e. The Labute approximate surface area is 171 Å². The zero-order chi connectivity index (χ0) is 20.7. The maximum absolute atomic E-state index is 15.7. The van der Waals surface area contributed by atoms with Crippen molar-refractivity contribution in [2.75, 3.05) is 38.2 Å². The third-order valence-corrected chi connectivity index (χ3v) is 5.35. The molecule has 0 unspecified atom stereocenters. The van der Waals surface area contributed by atoms with Gasteiger partial charge in [-0.1, -0.05) is 30.3 Å². The van der Waals surface area contributed by atoms with Crippen LogP contribution in [-0.2, 0) is 0 Å². The Hall–Kier alpha value is -3.39. The lowest BCUT2D eigenvalue weighted by atomic mass is 10.0. The highest BCUT2D eigenvalue weighted by molar-refractivity contribution is 5.99. The van der Waals surface area contributed by atoms with Crippen LogP contribution in [0.15, 0.2) is 42.6 Å². The molecule has 0 atom stereocenters. The van der Waals surface area contributed by atoms with Gasteiger partial charge in [0.2, 0.25) is 0 Å². The van der Waals surface area contributed by atoms with Crippen molar-refractivity contribution < 1.29 is 13.5 Å². The Morgan fingerprint density at radius 2 is 1.80 bits per heavy atom. The highest BCUT2D eigenvalue weighted by Gasteiger charge is 2.22. The predicted octanol–water partition coefficient (Wildman–Crippen LogP) is 3.54. The van der Waals surface area contributed by atoms with Crippen molar-refractivity contribution in [3.05, 3.63) is 54.2 Å². The van der Waals surface area contributed by atoms with E-state index in [-0.39, 0.29) is 17.2 Å². The van der Waals surface area contributed by atoms with Gasteiger partial charge in [-0.25, -0.2) is 8.78 Å². The fourth-order valence-corrected chi connectivity index (χ4v) is 3.91. The van der Waals surface area contributed by atoms with Crippen LogP contribution < -0.4 is 15.0 Å². The van der Waals surface area contributed by atoms with Gasteiger partial charge in [0.1, 0.15) is 22.8 Å². The Kier molecular flexibility index (Phi) is 4.63. The van der Waals surface area contributed by atoms with Crippen LogP contribution in [0.4, 0.5) is 14.6 Å². The number of halogens is 2. The lowest BCUT2D eigenvalue weighted by Gasteiger charge is -2.29. The van der Waals surface area contributed by atoms with Crippen molar-refractivity contribution in [3.8, 4) is 17.3 Å². The highest BCUT2D eigenvalue weighted by Crippen LogP contribution is 2.35. The molecule has 0 amide bonds. The number of pyridine rings is 1. The monoisotopic (exact) mass is 407 g/mol. The third kappa shape index (κ3) is 3.00. The summed E-state index contributed by atoms with van der Waals surface area (Å²) in [6.45, 7) is 3.06. The number of ether oxygens (including phenoxy) is 1. The number of nitrogens with zero attached hydrogens (tertiary/aromatic N) is 4. The molecule has 152 valence electrons. The number of rotatable bonds is 3. The van der Waals surface area contributed by atoms with Crippen LogP contribution in [0.25, 0.3) is 32.9 Å². The number of anilines is 1. The van der Waals surface area contributed by atoms with Crippen molar-refractivity contribution in [2.24, 2.45) is 0 Å². The van der Waals surface area contributed by atoms with E-state index >= 15 is 4.39 Å². The van der Waals surface area contributed by atoms with Crippen molar-refractivity contribution in [3.63, 3.8) is 0 Å². The number of aromatic nitrogens is 3. The van der Waals surface area contributed by atoms with Crippen molar-refractivity contribution in [1.82, 2.24) is 20.3 Å². The molecule has 30 heavy (non-hydrogen) atoms. The van der Waals surface area contributed by atoms with E-state index in [1.54, 1.807) is 36.5 Å². The number of methoxy groups -OCH3 is 1. The van der Waals surface area contributed by atoms with Crippen molar-refractivity contribution in [2.45, 2.75) is 0 Å². The normalized spacial score (nSPS) is 14.4. The molecule has 0 radical (unpaired) electrons. The molecule has 8 heteroatoms. The molecule has 1 fully saturated rings. The molecule has 2 aromatic heterocycles. The summed E-state index contributed by atoms with van der Waals surface area (Å²) in [6.07, 6.45) is 1.56. The molecule has 1 saturated heterocycles. The SMILES string of the molecule is COc1nc(N2CCNCC2)c2cnc(-c3cccc4cccc(F)c34)c(F)c2n1. The molecule has 2 aromatic carbocycles. The second kappa shape index (κ2) is 7.46. The van der Waals surface area contributed by atoms with Crippen LogP contribution in [0.3, 0.4) is 0 Å². The van der Waals surface area contributed by atoms with Crippen LogP contribution in [0, 0.1) is 11.6 Å². The number of hydrogen-bond donors (Lipinski definition) is 1. The van der Waals surface area contributed by atoms with Crippen molar-refractivity contribution in [1.29, 1.82) is 0 Å². The van der Waals surface area contributed by atoms with E-state index in [4.69, 9.17) is 4.74 Å². The maximum Gasteiger partial charge on any atom is 0.318 e. The fraction of sp³-hybridized carbons (Fsp3) is 0.227. The molecule has 5 rings (SSSR count). The second-order valence-electron chi connectivity index (χ2n) is 7.10. The summed E-state index contributed by atoms with van der Waals surface area (Å²) in [6, 6.07) is 10.1. The van der Waals surface area contributed by atoms with Gasteiger partial charge in [0.25, 0.3) is 0 Å². The molecule has 0 spiro atoms. The number of nitrogens with one attached hydrogen (secondary N) is 1. The Bertz CT molecular complexity index is 1250. The lowest BCUT2D eigenvalue weighted by Crippen LogP contribution is -2.44. The molecular formula is C22H19F2N5O. The first-order chi connectivity index (χ1) is 14.7. The van der Waals surface area contributed by atoms with E-state index in [0.29, 0.717) is 27.5 Å². The third-order valence-electron chi connectivity index (χ3n) is 5.35. The average Bonchev–Trinajstić information content (AvgIpc) is 2.79. The highest BCUT2D eigenvalue weighted by atomic mass is 19.1. The van der Waals surface area contributed by atoms with E-state index < -0.39 is 11.6 Å². The van der Waals surface area contributed by atoms with Gasteiger partial charge >= 0.3 is 6.01 Å². The largest absolute Gasteiger partial charge is 0.467 e. The maximum atomic E-state index is 15.7. The Balaban J connectivity index is 1.76. The fourth-order valence-electron chi connectivity index (χ4n) is 3.91. The van der Waals surface area contributed by atoms with E-state index in [9.17, 15) is 4.39 Å². The molecule has 1 aliphatic heterocycles. The lowest BCUT2D eigenvalue weighted by molar-refractivity contribution is 0.381. The van der Waals surface area contributed by atoms with E-state index in [2.05, 4.69) is 25.2 Å². The van der Waals surface area contributed by atoms with Gasteiger partial charge in [-0.15, -0.1) is 0 Å². The minimum atomic E-state index is -0.625. The van der Waals surface area contributed by atoms with E-state index in [0.717, 1.165) is 26.2 Å². The zero-order valence-corrected chi connectivity index (χ0v) is 16.3. The van der Waals surface area contributed by atoms with Gasteiger partial charge < -0.3 is 15.0 Å². The summed E-state index contributed by atoms with van der Waals surface area (Å²) in [4.78, 5) is 15.1. The average molecular weight is 407 g/mol. The van der Waals surface area contributed by atoms with Gasteiger partial charge in [0, 0.05) is 43.3 Å². The number of piperazine rings is 1. The minimum Gasteiger partial charge on any atom is -0.467 e. The molecule has 0 bridgehead atoms. The minimum absolute atomic E-state index is 0.0465. The Morgan fingerprint density at radius 3 is 2.57 bits per heavy atom. The van der Waals surface area contributed by atoms with Crippen LogP contribution in [0.5, 0.6) is 6.01 Å². The molecule has 0 saturated carbocycles. The van der Waals surface area contributed by atoms with Crippen LogP contribution >= 0.6 is 0 Å². The zero-order valence-electron chi connectivity index (χ0n) is 16.3. The topological polar surface area (TPSA) is 63.2 Å². The van der Waals surface area contributed by atoms with Gasteiger partial charge in [0.05, 0.1) is 12.5 Å². The molecule has 3 heterocycles. The standard InChI is InChI=1S/C22H19F2N5O/c1-30-22-27-20-15(21(28-22)29-10-8-25-9-11-29)12-26-19(18(20)24)14-6-2-4-13-5-3-7-16(23)17(13)14/h2-7,12,25H,8-11H2,1H3. The summed E-state index contributed by atoms with van der Waals surface area (Å²) in [7, 11) is 1.45. The van der Waals surface area contributed by atoms with Gasteiger partial charge in [-0.05, 0) is 11.5 Å². The van der Waals surface area contributed by atoms with Crippen molar-refractivity contribution >= 4 is 27.5 Å². The first-order valence-corrected chi connectivity index (χ1v) is 9.71. The Morgan fingerprint density at radius 1 is 1.03 bits per heavy atom.